The number of nitriles is 1. The minimum Gasteiger partial charge on any atom is -0.291 e. The highest BCUT2D eigenvalue weighted by atomic mass is 15.1. The average molecular weight is 200 g/mol. The van der Waals surface area contributed by atoms with E-state index in [1.54, 1.807) is 0 Å². The zero-order valence-corrected chi connectivity index (χ0v) is 9.27. The Balaban J connectivity index is 2.37. The molecule has 2 rings (SSSR count). The highest BCUT2D eigenvalue weighted by molar-refractivity contribution is 5.37. The third-order valence-electron chi connectivity index (χ3n) is 2.95. The summed E-state index contributed by atoms with van der Waals surface area (Å²) >= 11 is 0. The molecule has 0 saturated heterocycles. The monoisotopic (exact) mass is 200 g/mol. The van der Waals surface area contributed by atoms with Crippen molar-refractivity contribution in [2.75, 3.05) is 14.1 Å². The third kappa shape index (κ3) is 2.03. The second-order valence-corrected chi connectivity index (χ2v) is 4.40. The van der Waals surface area contributed by atoms with Gasteiger partial charge in [-0.05, 0) is 44.0 Å². The second-order valence-electron chi connectivity index (χ2n) is 4.40. The van der Waals surface area contributed by atoms with Crippen LogP contribution in [0.4, 0.5) is 0 Å². The van der Waals surface area contributed by atoms with Crippen LogP contribution >= 0.6 is 0 Å². The summed E-state index contributed by atoms with van der Waals surface area (Å²) in [5.41, 5.74) is 2.56. The van der Waals surface area contributed by atoms with Gasteiger partial charge in [0.1, 0.15) is 6.04 Å². The summed E-state index contributed by atoms with van der Waals surface area (Å²) in [7, 11) is 3.91. The molecule has 2 nitrogen and oxygen atoms in total. The van der Waals surface area contributed by atoms with Crippen molar-refractivity contribution in [3.05, 3.63) is 35.4 Å². The Hall–Kier alpha value is -1.33. The highest BCUT2D eigenvalue weighted by Crippen LogP contribution is 2.43. The lowest BCUT2D eigenvalue weighted by Crippen LogP contribution is -2.19. The summed E-state index contributed by atoms with van der Waals surface area (Å²) in [5.74, 6) is 0.706. The molecule has 0 amide bonds. The van der Waals surface area contributed by atoms with Crippen LogP contribution in [0.3, 0.4) is 0 Å². The van der Waals surface area contributed by atoms with Gasteiger partial charge < -0.3 is 0 Å². The third-order valence-corrected chi connectivity index (χ3v) is 2.95. The minimum atomic E-state index is -0.109. The van der Waals surface area contributed by atoms with E-state index in [0.29, 0.717) is 5.92 Å². The van der Waals surface area contributed by atoms with Crippen molar-refractivity contribution in [1.29, 1.82) is 5.26 Å². The van der Waals surface area contributed by atoms with Crippen LogP contribution in [0.1, 0.15) is 35.9 Å². The molecule has 1 unspecified atom stereocenters. The van der Waals surface area contributed by atoms with Gasteiger partial charge in [0.2, 0.25) is 0 Å². The summed E-state index contributed by atoms with van der Waals surface area (Å²) in [5, 5.41) is 9.18. The van der Waals surface area contributed by atoms with E-state index >= 15 is 0 Å². The molecule has 0 radical (unpaired) electrons. The Morgan fingerprint density at radius 2 is 2.00 bits per heavy atom. The van der Waals surface area contributed by atoms with Gasteiger partial charge in [-0.2, -0.15) is 5.26 Å². The average Bonchev–Trinajstić information content (AvgIpc) is 3.02. The van der Waals surface area contributed by atoms with E-state index in [0.717, 1.165) is 0 Å². The van der Waals surface area contributed by atoms with Gasteiger partial charge in [0.25, 0.3) is 0 Å². The predicted octanol–water partition coefficient (Wildman–Crippen LogP) is 2.69. The van der Waals surface area contributed by atoms with Crippen molar-refractivity contribution in [1.82, 2.24) is 4.90 Å². The summed E-state index contributed by atoms with van der Waals surface area (Å²) in [6, 6.07) is 10.6. The Labute approximate surface area is 91.1 Å². The minimum absolute atomic E-state index is 0.109. The number of hydrogen-bond donors (Lipinski definition) is 0. The van der Waals surface area contributed by atoms with Gasteiger partial charge in [-0.25, -0.2) is 0 Å². The Morgan fingerprint density at radius 3 is 2.53 bits per heavy atom. The maximum atomic E-state index is 9.18. The predicted molar refractivity (Wildman–Crippen MR) is 60.5 cm³/mol. The van der Waals surface area contributed by atoms with Crippen molar-refractivity contribution >= 4 is 0 Å². The molecule has 15 heavy (non-hydrogen) atoms. The van der Waals surface area contributed by atoms with E-state index in [4.69, 9.17) is 0 Å². The lowest BCUT2D eigenvalue weighted by Gasteiger charge is -2.20. The van der Waals surface area contributed by atoms with E-state index in [9.17, 15) is 5.26 Å². The molecule has 0 spiro atoms. The number of benzene rings is 1. The normalized spacial score (nSPS) is 17.5. The second kappa shape index (κ2) is 4.04. The van der Waals surface area contributed by atoms with E-state index < -0.39 is 0 Å². The molecular weight excluding hydrogens is 184 g/mol. The molecule has 2 heteroatoms. The summed E-state index contributed by atoms with van der Waals surface area (Å²) in [4.78, 5) is 1.97. The van der Waals surface area contributed by atoms with Crippen molar-refractivity contribution in [2.24, 2.45) is 0 Å². The fourth-order valence-corrected chi connectivity index (χ4v) is 1.99. The van der Waals surface area contributed by atoms with Crippen LogP contribution in [0.15, 0.2) is 24.3 Å². The molecule has 1 aromatic rings. The topological polar surface area (TPSA) is 27.0 Å². The molecule has 78 valence electrons. The lowest BCUT2D eigenvalue weighted by atomic mass is 9.97. The van der Waals surface area contributed by atoms with Crippen molar-refractivity contribution in [2.45, 2.75) is 24.8 Å². The molecule has 0 aliphatic heterocycles. The maximum absolute atomic E-state index is 9.18. The lowest BCUT2D eigenvalue weighted by molar-refractivity contribution is 0.356. The van der Waals surface area contributed by atoms with Crippen LogP contribution in [0.25, 0.3) is 0 Å². The highest BCUT2D eigenvalue weighted by Gasteiger charge is 2.28. The largest absolute Gasteiger partial charge is 0.291 e. The van der Waals surface area contributed by atoms with Gasteiger partial charge in [0.15, 0.2) is 0 Å². The molecule has 1 fully saturated rings. The first-order chi connectivity index (χ1) is 7.24. The molecule has 0 aromatic heterocycles. The fourth-order valence-electron chi connectivity index (χ4n) is 1.99. The quantitative estimate of drug-likeness (QED) is 0.750. The van der Waals surface area contributed by atoms with E-state index in [2.05, 4.69) is 24.3 Å². The summed E-state index contributed by atoms with van der Waals surface area (Å²) in [6.07, 6.45) is 2.56. The molecule has 1 saturated carbocycles. The van der Waals surface area contributed by atoms with Crippen LogP contribution in [0.5, 0.6) is 0 Å². The van der Waals surface area contributed by atoms with Crippen LogP contribution in [0.2, 0.25) is 0 Å². The van der Waals surface area contributed by atoms with Crippen LogP contribution < -0.4 is 0 Å². The first-order valence-corrected chi connectivity index (χ1v) is 5.39. The molecule has 0 bridgehead atoms. The maximum Gasteiger partial charge on any atom is 0.123 e. The van der Waals surface area contributed by atoms with E-state index in [-0.39, 0.29) is 6.04 Å². The zero-order chi connectivity index (χ0) is 10.8. The van der Waals surface area contributed by atoms with Gasteiger partial charge in [-0.15, -0.1) is 0 Å². The molecule has 0 heterocycles. The molecule has 1 aliphatic rings. The van der Waals surface area contributed by atoms with E-state index in [1.807, 2.05) is 25.1 Å². The van der Waals surface area contributed by atoms with Crippen LogP contribution in [-0.4, -0.2) is 19.0 Å². The number of nitrogens with zero attached hydrogens (tertiary/aromatic N) is 2. The molecule has 1 atom stereocenters. The van der Waals surface area contributed by atoms with Crippen LogP contribution in [-0.2, 0) is 0 Å². The van der Waals surface area contributed by atoms with Crippen molar-refractivity contribution in [3.63, 3.8) is 0 Å². The van der Waals surface area contributed by atoms with Crippen molar-refractivity contribution < 1.29 is 0 Å². The molecular formula is C13H16N2. The Morgan fingerprint density at radius 1 is 1.33 bits per heavy atom. The first kappa shape index (κ1) is 10.2. The van der Waals surface area contributed by atoms with Gasteiger partial charge >= 0.3 is 0 Å². The molecule has 1 aromatic carbocycles. The summed E-state index contributed by atoms with van der Waals surface area (Å²) in [6.45, 7) is 0. The van der Waals surface area contributed by atoms with E-state index in [1.165, 1.54) is 24.0 Å². The van der Waals surface area contributed by atoms with Gasteiger partial charge in [-0.3, -0.25) is 4.90 Å². The number of rotatable bonds is 3. The van der Waals surface area contributed by atoms with Gasteiger partial charge in [0.05, 0.1) is 6.07 Å². The summed E-state index contributed by atoms with van der Waals surface area (Å²) < 4.78 is 0. The van der Waals surface area contributed by atoms with Gasteiger partial charge in [0, 0.05) is 0 Å². The number of hydrogen-bond acceptors (Lipinski definition) is 2. The Bertz CT molecular complexity index is 386. The molecule has 1 aliphatic carbocycles. The Kier molecular flexibility index (Phi) is 2.75. The zero-order valence-electron chi connectivity index (χ0n) is 9.27. The molecule has 0 N–H and O–H groups in total. The van der Waals surface area contributed by atoms with Gasteiger partial charge in [-0.1, -0.05) is 24.3 Å². The smallest absolute Gasteiger partial charge is 0.123 e. The fraction of sp³-hybridized carbons (Fsp3) is 0.462. The first-order valence-electron chi connectivity index (χ1n) is 5.39. The van der Waals surface area contributed by atoms with Crippen molar-refractivity contribution in [3.8, 4) is 6.07 Å². The standard InChI is InChI=1S/C13H16N2/c1-15(2)13(9-14)12-6-4-3-5-11(12)10-7-8-10/h3-6,10,13H,7-8H2,1-2H3. The SMILES string of the molecule is CN(C)C(C#N)c1ccccc1C1CC1. The van der Waals surface area contributed by atoms with Crippen LogP contribution in [0, 0.1) is 11.3 Å².